The summed E-state index contributed by atoms with van der Waals surface area (Å²) in [5, 5.41) is 16.6. The van der Waals surface area contributed by atoms with Gasteiger partial charge in [0.05, 0.1) is 11.9 Å². The van der Waals surface area contributed by atoms with Crippen LogP contribution in [0.2, 0.25) is 0 Å². The molecule has 4 aliphatic carbocycles. The predicted molar refractivity (Wildman–Crippen MR) is 202 cm³/mol. The number of hydrogen-bond acceptors (Lipinski definition) is 11. The van der Waals surface area contributed by atoms with Crippen LogP contribution in [0.1, 0.15) is 91.0 Å². The number of hydrogen-bond donors (Lipinski definition) is 4. The van der Waals surface area contributed by atoms with Crippen molar-refractivity contribution in [1.29, 1.82) is 0 Å². The Morgan fingerprint density at radius 1 is 0.855 bits per heavy atom. The van der Waals surface area contributed by atoms with Crippen LogP contribution in [0, 0.1) is 0 Å². The highest BCUT2D eigenvalue weighted by molar-refractivity contribution is 7.90. The van der Waals surface area contributed by atoms with Crippen molar-refractivity contribution in [2.75, 3.05) is 5.32 Å². The van der Waals surface area contributed by atoms with Gasteiger partial charge in [-0.2, -0.15) is 23.2 Å². The van der Waals surface area contributed by atoms with E-state index < -0.39 is 37.8 Å². The lowest BCUT2D eigenvalue weighted by Crippen LogP contribution is -2.35. The summed E-state index contributed by atoms with van der Waals surface area (Å²) in [4.78, 5) is 38.2. The fourth-order valence-corrected chi connectivity index (χ4v) is 8.78. The largest absolute Gasteiger partial charge is 0.442 e. The first-order valence-electron chi connectivity index (χ1n) is 18.1. The smallest absolute Gasteiger partial charge is 0.435 e. The number of fused-ring (bicyclic) bond motifs is 4. The Hall–Kier alpha value is -5.16. The van der Waals surface area contributed by atoms with Gasteiger partial charge in [0.1, 0.15) is 5.60 Å². The van der Waals surface area contributed by atoms with Gasteiger partial charge in [-0.05, 0) is 154 Å². The van der Waals surface area contributed by atoms with Crippen molar-refractivity contribution in [2.24, 2.45) is 10.1 Å². The molecule has 16 nitrogen and oxygen atoms in total. The molecule has 0 radical (unpaired) electrons. The van der Waals surface area contributed by atoms with E-state index in [4.69, 9.17) is 9.88 Å². The third-order valence-corrected chi connectivity index (χ3v) is 11.8. The molecule has 4 aromatic rings. The van der Waals surface area contributed by atoms with Crippen molar-refractivity contribution >= 4 is 49.6 Å². The summed E-state index contributed by atoms with van der Waals surface area (Å²) in [6.45, 7) is 5.07. The van der Waals surface area contributed by atoms with E-state index in [1.165, 1.54) is 64.7 Å². The zero-order chi connectivity index (χ0) is 39.5. The van der Waals surface area contributed by atoms with Crippen LogP contribution in [-0.4, -0.2) is 60.6 Å². The van der Waals surface area contributed by atoms with Crippen LogP contribution >= 0.6 is 0 Å². The number of ether oxygens (including phenoxy) is 1. The van der Waals surface area contributed by atoms with Crippen molar-refractivity contribution < 1.29 is 36.0 Å². The van der Waals surface area contributed by atoms with Crippen LogP contribution < -0.4 is 15.2 Å². The molecule has 292 valence electrons. The molecule has 5 N–H and O–H groups in total. The van der Waals surface area contributed by atoms with Crippen LogP contribution in [0.5, 0.6) is 0 Å². The van der Waals surface area contributed by atoms with Crippen molar-refractivity contribution in [2.45, 2.75) is 113 Å². The van der Waals surface area contributed by atoms with Gasteiger partial charge in [-0.1, -0.05) is 12.1 Å². The minimum atomic E-state index is -3.94. The Morgan fingerprint density at radius 3 is 1.84 bits per heavy atom. The average Bonchev–Trinajstić information content (AvgIpc) is 3.96. The fourth-order valence-electron chi connectivity index (χ4n) is 7.51. The number of nitrogens with two attached hydrogens (primary N) is 1. The second-order valence-electron chi connectivity index (χ2n) is 14.7. The number of anilines is 1. The van der Waals surface area contributed by atoms with Crippen molar-refractivity contribution in [1.82, 2.24) is 24.7 Å². The van der Waals surface area contributed by atoms with Gasteiger partial charge in [-0.15, -0.1) is 5.10 Å². The first kappa shape index (κ1) is 39.5. The molecule has 18 heteroatoms. The molecule has 0 aliphatic heterocycles. The molecule has 0 unspecified atom stereocenters. The number of sulfonamides is 2. The molecule has 8 rings (SSSR count). The Labute approximate surface area is 319 Å². The minimum Gasteiger partial charge on any atom is -0.442 e. The van der Waals surface area contributed by atoms with Gasteiger partial charge in [0.25, 0.3) is 20.0 Å². The molecule has 2 aromatic carbocycles. The highest BCUT2D eigenvalue weighted by Gasteiger charge is 2.27. The van der Waals surface area contributed by atoms with E-state index in [1.54, 1.807) is 26.9 Å². The molecule has 0 fully saturated rings. The fraction of sp³-hybridized carbons (Fsp3) is 0.432. The minimum absolute atomic E-state index is 0.138. The summed E-state index contributed by atoms with van der Waals surface area (Å²) in [5.74, 6) is 0. The summed E-state index contributed by atoms with van der Waals surface area (Å²) < 4.78 is 53.8. The zero-order valence-electron chi connectivity index (χ0n) is 30.9. The Morgan fingerprint density at radius 2 is 1.38 bits per heavy atom. The Balaban J connectivity index is 0.000000146. The number of isocyanates is 1. The maximum Gasteiger partial charge on any atom is 0.435 e. The van der Waals surface area contributed by atoms with E-state index >= 15 is 0 Å². The van der Waals surface area contributed by atoms with Crippen molar-refractivity contribution in [3.8, 4) is 0 Å². The Kier molecular flexibility index (Phi) is 11.4. The number of H-pyrrole nitrogens is 1. The van der Waals surface area contributed by atoms with Crippen LogP contribution in [0.25, 0.3) is 0 Å². The number of aryl methyl sites for hydroxylation is 4. The molecule has 4 aliphatic rings. The number of primary sulfonamides is 1. The predicted octanol–water partition coefficient (Wildman–Crippen LogP) is 4.84. The number of rotatable bonds is 5. The number of carbonyl (C=O) groups excluding carboxylic acids is 3. The summed E-state index contributed by atoms with van der Waals surface area (Å²) in [6, 6.07) is 6.29. The molecular formula is C37H44N8O8S2. The van der Waals surface area contributed by atoms with Crippen LogP contribution in [0.4, 0.5) is 21.0 Å². The van der Waals surface area contributed by atoms with Gasteiger partial charge < -0.3 is 10.1 Å². The van der Waals surface area contributed by atoms with Crippen LogP contribution in [0.15, 0.2) is 51.7 Å². The Bertz CT molecular complexity index is 2330. The van der Waals surface area contributed by atoms with E-state index in [-0.39, 0.29) is 10.1 Å². The standard InChI is InChI=1S/C16H18N4O3S.C13H13NO.C8H13N3O4S/c21-16(20-24(22,23)14-7-8-17-19-14)18-15-12-5-1-3-10(12)9-11-4-2-6-13(11)15;15-8-14-13-11-5-1-3-9(11)7-10-4-2-6-12(10)13;1-8(2,3)15-7(12)11-5-4-6(10-11)16(9,13)14/h7-9H,1-6H2,(H,17,19)(H2,18,20,21);7H,1-6H2;4-5H,1-3H3,(H2,9,13,14). The van der Waals surface area contributed by atoms with Crippen LogP contribution in [0.3, 0.4) is 0 Å². The first-order valence-corrected chi connectivity index (χ1v) is 21.1. The van der Waals surface area contributed by atoms with Gasteiger partial charge in [0.15, 0.2) is 10.1 Å². The molecule has 2 heterocycles. The number of urea groups is 1. The zero-order valence-corrected chi connectivity index (χ0v) is 32.5. The molecular weight excluding hydrogens is 749 g/mol. The average molecular weight is 793 g/mol. The number of nitrogens with one attached hydrogen (secondary N) is 3. The number of aliphatic imine (C=N–C) groups is 1. The summed E-state index contributed by atoms with van der Waals surface area (Å²) in [6.07, 6.45) is 16.4. The highest BCUT2D eigenvalue weighted by atomic mass is 32.2. The monoisotopic (exact) mass is 792 g/mol. The van der Waals surface area contributed by atoms with Gasteiger partial charge in [-0.25, -0.2) is 32.7 Å². The van der Waals surface area contributed by atoms with Gasteiger partial charge in [-0.3, -0.25) is 5.10 Å². The van der Waals surface area contributed by atoms with E-state index in [9.17, 15) is 31.2 Å². The van der Waals surface area contributed by atoms with Gasteiger partial charge in [0.2, 0.25) is 6.08 Å². The highest BCUT2D eigenvalue weighted by Crippen LogP contribution is 2.40. The third kappa shape index (κ3) is 9.21. The maximum atomic E-state index is 12.3. The van der Waals surface area contributed by atoms with E-state index in [0.29, 0.717) is 0 Å². The lowest BCUT2D eigenvalue weighted by molar-refractivity contribution is 0.0512. The quantitative estimate of drug-likeness (QED) is 0.158. The second-order valence-corrected chi connectivity index (χ2v) is 17.9. The summed E-state index contributed by atoms with van der Waals surface area (Å²) in [7, 11) is -7.84. The van der Waals surface area contributed by atoms with Gasteiger partial charge in [0, 0.05) is 11.9 Å². The normalized spacial score (nSPS) is 15.2. The number of benzene rings is 2. The van der Waals surface area contributed by atoms with Crippen molar-refractivity contribution in [3.63, 3.8) is 0 Å². The topological polar surface area (TPSA) is 238 Å². The maximum absolute atomic E-state index is 12.3. The molecule has 0 saturated heterocycles. The number of amides is 2. The number of aromatic nitrogens is 4. The molecule has 0 bridgehead atoms. The summed E-state index contributed by atoms with van der Waals surface area (Å²) in [5.41, 5.74) is 11.5. The van der Waals surface area contributed by atoms with E-state index in [1.807, 2.05) is 4.72 Å². The van der Waals surface area contributed by atoms with Crippen molar-refractivity contribution in [3.05, 3.63) is 81.2 Å². The third-order valence-electron chi connectivity index (χ3n) is 9.74. The summed E-state index contributed by atoms with van der Waals surface area (Å²) >= 11 is 0. The molecule has 2 amide bonds. The molecule has 0 spiro atoms. The number of aromatic amines is 1. The lowest BCUT2D eigenvalue weighted by atomic mass is 9.99. The first-order chi connectivity index (χ1) is 26.0. The SMILES string of the molecule is CC(C)(C)OC(=O)n1ccc(S(N)(=O)=O)n1.O=C(Nc1c2c(cc3c1CCC3)CCC2)NS(=O)(=O)c1ccn[nH]1.O=C=Nc1c2c(cc3c1CCC3)CCC2. The molecule has 0 atom stereocenters. The van der Waals surface area contributed by atoms with E-state index in [0.717, 1.165) is 97.5 Å². The van der Waals surface area contributed by atoms with Crippen LogP contribution in [-0.2, 0) is 80.9 Å². The number of nitrogens with zero attached hydrogens (tertiary/aromatic N) is 4. The molecule has 2 aromatic heterocycles. The van der Waals surface area contributed by atoms with E-state index in [2.05, 4.69) is 37.7 Å². The van der Waals surface area contributed by atoms with Gasteiger partial charge >= 0.3 is 12.1 Å². The lowest BCUT2D eigenvalue weighted by Gasteiger charge is -2.18. The molecule has 55 heavy (non-hydrogen) atoms. The second kappa shape index (κ2) is 15.9. The number of carbonyl (C=O) groups is 2. The molecule has 0 saturated carbocycles.